The minimum atomic E-state index is -0.900. The van der Waals surface area contributed by atoms with Gasteiger partial charge in [0.15, 0.2) is 0 Å². The molecule has 2 fully saturated rings. The van der Waals surface area contributed by atoms with Crippen molar-refractivity contribution >= 4 is 12.2 Å². The number of carbonyl (C=O) groups is 2. The van der Waals surface area contributed by atoms with Crippen LogP contribution in [0.5, 0.6) is 0 Å². The Kier molecular flexibility index (Phi) is 7.10. The standard InChI is InChI=1S/C24H38N4O4/c1-25-11-5-3-7-21(25)19-15-27(23(29)30)13-9-17(19)18-10-14-28(24(31)32)16-20(18)22-8-4-6-12-26(22)2/h9-10,13-14,17-22H,3-8,11-12,15-16H2,1-2H3,(H,29,30)(H,31,32). The fourth-order valence-corrected chi connectivity index (χ4v) is 6.66. The number of amides is 2. The Morgan fingerprint density at radius 3 is 1.47 bits per heavy atom. The van der Waals surface area contributed by atoms with Gasteiger partial charge >= 0.3 is 12.2 Å². The van der Waals surface area contributed by atoms with Crippen LogP contribution in [0, 0.1) is 23.7 Å². The van der Waals surface area contributed by atoms with E-state index >= 15 is 0 Å². The van der Waals surface area contributed by atoms with Gasteiger partial charge in [-0.15, -0.1) is 0 Å². The second-order valence-electron chi connectivity index (χ2n) is 10.1. The molecule has 32 heavy (non-hydrogen) atoms. The normalized spacial score (nSPS) is 36.9. The van der Waals surface area contributed by atoms with E-state index in [1.54, 1.807) is 12.4 Å². The molecule has 6 unspecified atom stereocenters. The van der Waals surface area contributed by atoms with Gasteiger partial charge in [0, 0.05) is 37.6 Å². The maximum atomic E-state index is 11.8. The molecule has 0 saturated carbocycles. The highest BCUT2D eigenvalue weighted by atomic mass is 16.4. The van der Waals surface area contributed by atoms with Gasteiger partial charge in [-0.25, -0.2) is 9.59 Å². The first-order valence-electron chi connectivity index (χ1n) is 12.1. The summed E-state index contributed by atoms with van der Waals surface area (Å²) in [6.07, 6.45) is 12.8. The number of nitrogens with zero attached hydrogens (tertiary/aromatic N) is 4. The lowest BCUT2D eigenvalue weighted by Gasteiger charge is -2.50. The van der Waals surface area contributed by atoms with Gasteiger partial charge in [-0.2, -0.15) is 0 Å². The van der Waals surface area contributed by atoms with Crippen molar-refractivity contribution in [2.24, 2.45) is 23.7 Å². The molecule has 0 bridgehead atoms. The summed E-state index contributed by atoms with van der Waals surface area (Å²) in [4.78, 5) is 31.3. The molecule has 2 N–H and O–H groups in total. The van der Waals surface area contributed by atoms with E-state index in [9.17, 15) is 19.8 Å². The highest BCUT2D eigenvalue weighted by Crippen LogP contribution is 2.43. The van der Waals surface area contributed by atoms with Crippen LogP contribution in [0.3, 0.4) is 0 Å². The number of hydrogen-bond acceptors (Lipinski definition) is 4. The SMILES string of the molecule is CN1CCCCC1C1CN(C(=O)O)C=CC1C1C=CN(C(=O)O)CC1C1CCCCN1C. The summed E-state index contributed by atoms with van der Waals surface area (Å²) in [5.74, 6) is 0.792. The number of carboxylic acid groups (broad SMARTS) is 2. The Morgan fingerprint density at radius 2 is 1.12 bits per heavy atom. The van der Waals surface area contributed by atoms with Crippen LogP contribution in [-0.2, 0) is 0 Å². The van der Waals surface area contributed by atoms with Gasteiger partial charge in [-0.05, 0) is 76.5 Å². The molecular weight excluding hydrogens is 408 g/mol. The Bertz CT molecular complexity index is 694. The Hall–Kier alpha value is -2.06. The molecule has 6 atom stereocenters. The van der Waals surface area contributed by atoms with Crippen LogP contribution in [0.25, 0.3) is 0 Å². The van der Waals surface area contributed by atoms with Crippen molar-refractivity contribution in [1.29, 1.82) is 0 Å². The first-order chi connectivity index (χ1) is 15.4. The molecule has 0 aromatic heterocycles. The number of allylic oxidation sites excluding steroid dienone is 2. The van der Waals surface area contributed by atoms with Crippen molar-refractivity contribution in [2.75, 3.05) is 40.3 Å². The molecule has 178 valence electrons. The Labute approximate surface area is 191 Å². The van der Waals surface area contributed by atoms with Crippen LogP contribution in [-0.4, -0.2) is 94.4 Å². The third-order valence-electron chi connectivity index (χ3n) is 8.36. The van der Waals surface area contributed by atoms with E-state index in [-0.39, 0.29) is 23.7 Å². The first kappa shape index (κ1) is 23.1. The van der Waals surface area contributed by atoms with Gasteiger partial charge in [0.25, 0.3) is 0 Å². The predicted molar refractivity (Wildman–Crippen MR) is 122 cm³/mol. The summed E-state index contributed by atoms with van der Waals surface area (Å²) in [6.45, 7) is 3.11. The lowest BCUT2D eigenvalue weighted by atomic mass is 9.66. The van der Waals surface area contributed by atoms with E-state index in [1.807, 2.05) is 0 Å². The van der Waals surface area contributed by atoms with Crippen molar-refractivity contribution in [3.63, 3.8) is 0 Å². The summed E-state index contributed by atoms with van der Waals surface area (Å²) < 4.78 is 0. The Balaban J connectivity index is 1.68. The van der Waals surface area contributed by atoms with Crippen LogP contribution in [0.1, 0.15) is 38.5 Å². The van der Waals surface area contributed by atoms with Crippen molar-refractivity contribution in [3.8, 4) is 0 Å². The van der Waals surface area contributed by atoms with Gasteiger partial charge in [0.05, 0.1) is 0 Å². The molecule has 0 radical (unpaired) electrons. The third kappa shape index (κ3) is 4.66. The van der Waals surface area contributed by atoms with Crippen LogP contribution >= 0.6 is 0 Å². The number of hydrogen-bond donors (Lipinski definition) is 2. The fraction of sp³-hybridized carbons (Fsp3) is 0.750. The number of likely N-dealkylation sites (tertiary alicyclic amines) is 2. The maximum absolute atomic E-state index is 11.8. The van der Waals surface area contributed by atoms with E-state index < -0.39 is 12.2 Å². The predicted octanol–water partition coefficient (Wildman–Crippen LogP) is 3.43. The second-order valence-corrected chi connectivity index (χ2v) is 10.1. The molecule has 4 heterocycles. The zero-order valence-electron chi connectivity index (χ0n) is 19.3. The lowest BCUT2D eigenvalue weighted by Crippen LogP contribution is -2.55. The average Bonchev–Trinajstić information content (AvgIpc) is 2.79. The summed E-state index contributed by atoms with van der Waals surface area (Å²) in [5.41, 5.74) is 0. The summed E-state index contributed by atoms with van der Waals surface area (Å²) in [5, 5.41) is 19.3. The molecule has 8 nitrogen and oxygen atoms in total. The molecule has 4 rings (SSSR count). The molecule has 4 aliphatic rings. The highest BCUT2D eigenvalue weighted by molar-refractivity contribution is 5.67. The minimum Gasteiger partial charge on any atom is -0.465 e. The summed E-state index contributed by atoms with van der Waals surface area (Å²) in [6, 6.07) is 0.687. The zero-order chi connectivity index (χ0) is 22.8. The van der Waals surface area contributed by atoms with Crippen molar-refractivity contribution in [1.82, 2.24) is 19.6 Å². The molecule has 0 aliphatic carbocycles. The molecule has 0 aromatic carbocycles. The molecule has 8 heteroatoms. The van der Waals surface area contributed by atoms with Gasteiger partial charge in [-0.3, -0.25) is 9.80 Å². The van der Waals surface area contributed by atoms with Crippen LogP contribution in [0.2, 0.25) is 0 Å². The molecule has 0 spiro atoms. The van der Waals surface area contributed by atoms with Gasteiger partial charge in [0.1, 0.15) is 0 Å². The van der Waals surface area contributed by atoms with E-state index in [2.05, 4.69) is 36.0 Å². The van der Waals surface area contributed by atoms with Crippen molar-refractivity contribution in [3.05, 3.63) is 24.6 Å². The quantitative estimate of drug-likeness (QED) is 0.691. The van der Waals surface area contributed by atoms with Crippen LogP contribution < -0.4 is 0 Å². The van der Waals surface area contributed by atoms with Crippen molar-refractivity contribution in [2.45, 2.75) is 50.6 Å². The monoisotopic (exact) mass is 446 g/mol. The highest BCUT2D eigenvalue weighted by Gasteiger charge is 2.45. The smallest absolute Gasteiger partial charge is 0.411 e. The Morgan fingerprint density at radius 1 is 0.719 bits per heavy atom. The average molecular weight is 447 g/mol. The van der Waals surface area contributed by atoms with Crippen molar-refractivity contribution < 1.29 is 19.8 Å². The lowest BCUT2D eigenvalue weighted by molar-refractivity contribution is 0.0249. The van der Waals surface area contributed by atoms with Gasteiger partial charge in [0.2, 0.25) is 0 Å². The topological polar surface area (TPSA) is 87.6 Å². The first-order valence-corrected chi connectivity index (χ1v) is 12.1. The summed E-state index contributed by atoms with van der Waals surface area (Å²) >= 11 is 0. The van der Waals surface area contributed by atoms with E-state index in [4.69, 9.17) is 0 Å². The number of rotatable bonds is 3. The maximum Gasteiger partial charge on any atom is 0.411 e. The van der Waals surface area contributed by atoms with E-state index in [0.29, 0.717) is 25.2 Å². The minimum absolute atomic E-state index is 0.198. The van der Waals surface area contributed by atoms with Crippen LogP contribution in [0.15, 0.2) is 24.6 Å². The molecule has 2 amide bonds. The molecule has 0 aromatic rings. The second kappa shape index (κ2) is 9.83. The van der Waals surface area contributed by atoms with Gasteiger partial charge in [-0.1, -0.05) is 25.0 Å². The largest absolute Gasteiger partial charge is 0.465 e. The van der Waals surface area contributed by atoms with Gasteiger partial charge < -0.3 is 20.0 Å². The van der Waals surface area contributed by atoms with E-state index in [0.717, 1.165) is 25.9 Å². The molecule has 4 aliphatic heterocycles. The van der Waals surface area contributed by atoms with Crippen LogP contribution in [0.4, 0.5) is 9.59 Å². The summed E-state index contributed by atoms with van der Waals surface area (Å²) in [7, 11) is 4.33. The van der Waals surface area contributed by atoms with E-state index in [1.165, 1.54) is 35.5 Å². The fourth-order valence-electron chi connectivity index (χ4n) is 6.66. The zero-order valence-corrected chi connectivity index (χ0v) is 19.3. The number of piperidine rings is 2. The molecular formula is C24H38N4O4. The molecule has 2 saturated heterocycles. The third-order valence-corrected chi connectivity index (χ3v) is 8.36.